The summed E-state index contributed by atoms with van der Waals surface area (Å²) in [5.41, 5.74) is 14.4. The molecule has 1 aliphatic rings. The number of guanidine groups is 1. The van der Waals surface area contributed by atoms with Gasteiger partial charge in [0, 0.05) is 42.6 Å². The Hall–Kier alpha value is -3.35. The van der Waals surface area contributed by atoms with E-state index < -0.39 is 6.04 Å². The molecule has 0 aliphatic carbocycles. The molecule has 4 rings (SSSR count). The van der Waals surface area contributed by atoms with Crippen LogP contribution >= 0.6 is 34.2 Å². The lowest BCUT2D eigenvalue weighted by Gasteiger charge is -2.29. The number of rotatable bonds is 14. The first-order valence-electron chi connectivity index (χ1n) is 14.8. The van der Waals surface area contributed by atoms with E-state index in [1.165, 1.54) is 0 Å². The quantitative estimate of drug-likeness (QED) is 0.0646. The molecular formula is C33H40ClIN6O3. The van der Waals surface area contributed by atoms with Crippen molar-refractivity contribution >= 4 is 52.0 Å². The van der Waals surface area contributed by atoms with Gasteiger partial charge in [0.15, 0.2) is 12.6 Å². The summed E-state index contributed by atoms with van der Waals surface area (Å²) in [7, 11) is 0. The topological polar surface area (TPSA) is 135 Å². The maximum Gasteiger partial charge on any atom is 0.257 e. The van der Waals surface area contributed by atoms with Crippen LogP contribution < -0.4 is 26.8 Å². The lowest BCUT2D eigenvalue weighted by molar-refractivity contribution is -0.133. The van der Waals surface area contributed by atoms with Crippen LogP contribution in [-0.4, -0.2) is 67.5 Å². The van der Waals surface area contributed by atoms with E-state index in [0.717, 1.165) is 21.1 Å². The zero-order chi connectivity index (χ0) is 31.3. The predicted molar refractivity (Wildman–Crippen MR) is 184 cm³/mol. The van der Waals surface area contributed by atoms with Crippen LogP contribution in [-0.2, 0) is 14.0 Å². The van der Waals surface area contributed by atoms with Crippen LogP contribution in [0.1, 0.15) is 41.9 Å². The molecule has 1 fully saturated rings. The van der Waals surface area contributed by atoms with Gasteiger partial charge in [0.1, 0.15) is 5.75 Å². The largest absolute Gasteiger partial charge is 0.482 e. The summed E-state index contributed by atoms with van der Waals surface area (Å²) < 4.78 is 6.50. The van der Waals surface area contributed by atoms with Gasteiger partial charge in [-0.25, -0.2) is 0 Å². The molecule has 6 N–H and O–H groups in total. The minimum absolute atomic E-state index is 0.0230. The molecule has 0 bridgehead atoms. The number of amides is 2. The molecule has 0 aromatic heterocycles. The van der Waals surface area contributed by atoms with Gasteiger partial charge in [0.05, 0.1) is 11.1 Å². The summed E-state index contributed by atoms with van der Waals surface area (Å²) >= 11 is 8.57. The van der Waals surface area contributed by atoms with Crippen molar-refractivity contribution in [2.75, 3.05) is 32.8 Å². The Bertz CT molecular complexity index is 1350. The summed E-state index contributed by atoms with van der Waals surface area (Å²) in [4.78, 5) is 32.7. The van der Waals surface area contributed by atoms with E-state index in [4.69, 9.17) is 27.8 Å². The highest BCUT2D eigenvalue weighted by Crippen LogP contribution is 2.28. The predicted octanol–water partition coefficient (Wildman–Crippen LogP) is 4.21. The highest BCUT2D eigenvalue weighted by atomic mass is 127. The van der Waals surface area contributed by atoms with Crippen molar-refractivity contribution in [3.8, 4) is 5.75 Å². The lowest BCUT2D eigenvalue weighted by atomic mass is 9.90. The highest BCUT2D eigenvalue weighted by molar-refractivity contribution is 14.1. The van der Waals surface area contributed by atoms with Crippen LogP contribution in [0.2, 0.25) is 5.02 Å². The second-order valence-electron chi connectivity index (χ2n) is 10.8. The fourth-order valence-electron chi connectivity index (χ4n) is 5.30. The smallest absolute Gasteiger partial charge is 0.257 e. The second-order valence-corrected chi connectivity index (χ2v) is 12.0. The molecule has 0 unspecified atom stereocenters. The summed E-state index contributed by atoms with van der Waals surface area (Å²) in [5.74, 6) is 0.302. The number of nitrogens with one attached hydrogen (secondary N) is 2. The van der Waals surface area contributed by atoms with Crippen molar-refractivity contribution in [3.63, 3.8) is 0 Å². The van der Waals surface area contributed by atoms with Crippen molar-refractivity contribution in [2.45, 2.75) is 41.7 Å². The third-order valence-corrected chi connectivity index (χ3v) is 8.78. The number of halogens is 2. The van der Waals surface area contributed by atoms with Gasteiger partial charge >= 0.3 is 0 Å². The van der Waals surface area contributed by atoms with Gasteiger partial charge in [-0.05, 0) is 48.1 Å². The van der Waals surface area contributed by atoms with Crippen molar-refractivity contribution in [1.82, 2.24) is 15.5 Å². The van der Waals surface area contributed by atoms with Crippen LogP contribution in [0.4, 0.5) is 0 Å². The average Bonchev–Trinajstić information content (AvgIpc) is 3.18. The molecular weight excluding hydrogens is 691 g/mol. The molecule has 44 heavy (non-hydrogen) atoms. The Morgan fingerprint density at radius 3 is 2.39 bits per heavy atom. The highest BCUT2D eigenvalue weighted by Gasteiger charge is 2.32. The fourth-order valence-corrected chi connectivity index (χ4v) is 6.04. The molecule has 0 saturated carbocycles. The molecule has 11 heteroatoms. The van der Waals surface area contributed by atoms with Crippen LogP contribution in [0, 0.1) is 0 Å². The first kappa shape index (κ1) is 33.5. The minimum Gasteiger partial charge on any atom is -0.482 e. The zero-order valence-corrected chi connectivity index (χ0v) is 27.5. The van der Waals surface area contributed by atoms with Gasteiger partial charge in [-0.3, -0.25) is 14.6 Å². The van der Waals surface area contributed by atoms with Crippen LogP contribution in [0.3, 0.4) is 0 Å². The number of ether oxygens (including phenoxy) is 1. The number of nitrogens with zero attached hydrogens (tertiary/aromatic N) is 2. The van der Waals surface area contributed by atoms with E-state index in [0.29, 0.717) is 56.2 Å². The molecule has 0 spiro atoms. The van der Waals surface area contributed by atoms with E-state index in [1.807, 2.05) is 53.4 Å². The van der Waals surface area contributed by atoms with Gasteiger partial charge in [-0.1, -0.05) is 101 Å². The van der Waals surface area contributed by atoms with Crippen LogP contribution in [0.15, 0.2) is 83.9 Å². The van der Waals surface area contributed by atoms with Crippen molar-refractivity contribution in [1.29, 1.82) is 0 Å². The Morgan fingerprint density at radius 1 is 1.09 bits per heavy atom. The van der Waals surface area contributed by atoms with Gasteiger partial charge in [-0.2, -0.15) is 0 Å². The minimum atomic E-state index is -0.438. The molecule has 2 atom stereocenters. The van der Waals surface area contributed by atoms with Gasteiger partial charge in [0.2, 0.25) is 5.91 Å². The third kappa shape index (κ3) is 10.1. The number of alkyl halides is 1. The first-order chi connectivity index (χ1) is 21.3. The van der Waals surface area contributed by atoms with Gasteiger partial charge in [0.25, 0.3) is 5.91 Å². The maximum atomic E-state index is 14.0. The van der Waals surface area contributed by atoms with E-state index in [2.05, 4.69) is 62.5 Å². The van der Waals surface area contributed by atoms with Crippen molar-refractivity contribution in [2.24, 2.45) is 16.5 Å². The molecule has 1 saturated heterocycles. The summed E-state index contributed by atoms with van der Waals surface area (Å²) in [6, 6.07) is 25.5. The summed E-state index contributed by atoms with van der Waals surface area (Å²) in [6.07, 6.45) is 1.88. The van der Waals surface area contributed by atoms with E-state index in [1.54, 1.807) is 6.07 Å². The monoisotopic (exact) mass is 730 g/mol. The number of aliphatic imine (C=N–C) groups is 1. The van der Waals surface area contributed by atoms with Gasteiger partial charge in [-0.15, -0.1) is 0 Å². The Morgan fingerprint density at radius 2 is 1.77 bits per heavy atom. The molecule has 0 radical (unpaired) electrons. The second kappa shape index (κ2) is 17.2. The van der Waals surface area contributed by atoms with Crippen LogP contribution in [0.5, 0.6) is 5.75 Å². The molecule has 234 valence electrons. The maximum absolute atomic E-state index is 14.0. The van der Waals surface area contributed by atoms with E-state index in [9.17, 15) is 9.59 Å². The Kier molecular flexibility index (Phi) is 13.1. The molecule has 1 heterocycles. The third-order valence-electron chi connectivity index (χ3n) is 7.60. The zero-order valence-electron chi connectivity index (χ0n) is 24.6. The summed E-state index contributed by atoms with van der Waals surface area (Å²) in [6.45, 7) is 1.74. The van der Waals surface area contributed by atoms with Crippen molar-refractivity contribution < 1.29 is 14.3 Å². The normalized spacial score (nSPS) is 16.8. The number of carbonyl (C=O) groups is 2. The Labute approximate surface area is 277 Å². The molecule has 3 aromatic carbocycles. The van der Waals surface area contributed by atoms with Crippen LogP contribution in [0.25, 0.3) is 0 Å². The van der Waals surface area contributed by atoms with Crippen molar-refractivity contribution in [3.05, 3.63) is 101 Å². The molecule has 2 amide bonds. The fraction of sp³-hybridized carbons (Fsp3) is 0.364. The standard InChI is InChI=1S/C33H40ClIN6O3/c34-28-18-23(19-35)13-14-30(28)44-22-31(42)39-20-26-15-17-41(32(43)29(40-26)12-7-16-38-33(36)37)21-27(24-8-3-1-4-9-24)25-10-5-2-6-11-25/h1-6,8-11,13-14,18,26-27,29,40H,7,12,15-17,19-22H2,(H,39,42)(H4,36,37,38)/t26-,29-/m0/s1. The Balaban J connectivity index is 1.43. The lowest BCUT2D eigenvalue weighted by Crippen LogP contribution is -2.49. The average molecular weight is 731 g/mol. The van der Waals surface area contributed by atoms with Gasteiger partial charge < -0.3 is 31.7 Å². The summed E-state index contributed by atoms with van der Waals surface area (Å²) in [5, 5.41) is 6.95. The molecule has 9 nitrogen and oxygen atoms in total. The SMILES string of the molecule is NC(N)=NCCC[C@@H]1N[C@H](CNC(=O)COc2ccc(CI)cc2Cl)CCN(CC(c2ccccc2)c2ccccc2)C1=O. The first-order valence-corrected chi connectivity index (χ1v) is 16.7. The molecule has 1 aliphatic heterocycles. The number of hydrogen-bond acceptors (Lipinski definition) is 5. The number of carbonyl (C=O) groups excluding carboxylic acids is 2. The number of nitrogens with two attached hydrogens (primary N) is 2. The van der Waals surface area contributed by atoms with E-state index in [-0.39, 0.29) is 36.3 Å². The number of hydrogen-bond donors (Lipinski definition) is 4. The number of benzene rings is 3. The molecule has 3 aromatic rings. The van der Waals surface area contributed by atoms with E-state index >= 15 is 0 Å².